The summed E-state index contributed by atoms with van der Waals surface area (Å²) < 4.78 is 6.13. The highest BCUT2D eigenvalue weighted by Gasteiger charge is 2.52. The Balaban J connectivity index is 1.81. The van der Waals surface area contributed by atoms with E-state index >= 15 is 0 Å². The van der Waals surface area contributed by atoms with Crippen molar-refractivity contribution in [2.75, 3.05) is 6.61 Å². The topological polar surface area (TPSA) is 58.6 Å². The summed E-state index contributed by atoms with van der Waals surface area (Å²) in [4.78, 5) is 28.7. The number of ether oxygens (including phenoxy) is 1. The molecule has 1 aromatic heterocycles. The van der Waals surface area contributed by atoms with Crippen molar-refractivity contribution in [2.45, 2.75) is 76.6 Å². The van der Waals surface area contributed by atoms with E-state index < -0.39 is 11.8 Å². The Morgan fingerprint density at radius 3 is 2.80 bits per heavy atom. The molecule has 2 heterocycles. The Morgan fingerprint density at radius 1 is 1.40 bits per heavy atom. The molecule has 1 aliphatic heterocycles. The third kappa shape index (κ3) is 3.90. The maximum atomic E-state index is 13.1. The second kappa shape index (κ2) is 7.87. The lowest BCUT2D eigenvalue weighted by molar-refractivity contribution is -0.159. The average molecular weight is 365 g/mol. The van der Waals surface area contributed by atoms with Gasteiger partial charge in [0, 0.05) is 10.9 Å². The number of carbonyl (C=O) groups excluding carboxylic acids is 2. The molecular formula is C19H28N2O3S. The summed E-state index contributed by atoms with van der Waals surface area (Å²) in [5, 5.41) is 5.01. The van der Waals surface area contributed by atoms with E-state index in [1.807, 2.05) is 31.4 Å². The quantitative estimate of drug-likeness (QED) is 0.873. The monoisotopic (exact) mass is 364 g/mol. The van der Waals surface area contributed by atoms with E-state index in [0.29, 0.717) is 13.0 Å². The van der Waals surface area contributed by atoms with Gasteiger partial charge >= 0.3 is 0 Å². The lowest BCUT2D eigenvalue weighted by Gasteiger charge is -2.41. The van der Waals surface area contributed by atoms with Crippen LogP contribution in [0, 0.1) is 0 Å². The van der Waals surface area contributed by atoms with Crippen LogP contribution in [0.4, 0.5) is 0 Å². The zero-order chi connectivity index (χ0) is 17.9. The SMILES string of the molecule is CC[C@@H](C)NC(=O)[C@@H]1COC2(CCCCC2)N1C(=O)Cc1cccs1. The van der Waals surface area contributed by atoms with E-state index in [4.69, 9.17) is 4.74 Å². The van der Waals surface area contributed by atoms with Crippen LogP contribution >= 0.6 is 11.3 Å². The zero-order valence-electron chi connectivity index (χ0n) is 15.1. The Morgan fingerprint density at radius 2 is 2.16 bits per heavy atom. The van der Waals surface area contributed by atoms with Gasteiger partial charge in [0.25, 0.3) is 0 Å². The molecule has 1 saturated carbocycles. The van der Waals surface area contributed by atoms with Gasteiger partial charge in [0.15, 0.2) is 0 Å². The van der Waals surface area contributed by atoms with E-state index in [2.05, 4.69) is 5.32 Å². The molecule has 5 nitrogen and oxygen atoms in total. The highest BCUT2D eigenvalue weighted by molar-refractivity contribution is 7.10. The number of nitrogens with one attached hydrogen (secondary N) is 1. The van der Waals surface area contributed by atoms with Gasteiger partial charge in [0.1, 0.15) is 11.8 Å². The molecule has 0 radical (unpaired) electrons. The first kappa shape index (κ1) is 18.4. The number of amides is 2. The summed E-state index contributed by atoms with van der Waals surface area (Å²) in [7, 11) is 0. The van der Waals surface area contributed by atoms with Crippen molar-refractivity contribution in [3.05, 3.63) is 22.4 Å². The fourth-order valence-electron chi connectivity index (χ4n) is 3.83. The number of rotatable bonds is 5. The Kier molecular flexibility index (Phi) is 5.79. The highest BCUT2D eigenvalue weighted by atomic mass is 32.1. The predicted octanol–water partition coefficient (Wildman–Crippen LogP) is 3.09. The van der Waals surface area contributed by atoms with Crippen LogP contribution in [0.2, 0.25) is 0 Å². The minimum atomic E-state index is -0.579. The minimum absolute atomic E-state index is 0.00570. The second-order valence-electron chi connectivity index (χ2n) is 7.17. The largest absolute Gasteiger partial charge is 0.353 e. The van der Waals surface area contributed by atoms with Gasteiger partial charge < -0.3 is 10.1 Å². The second-order valence-corrected chi connectivity index (χ2v) is 8.20. The standard InChI is InChI=1S/C19H28N2O3S/c1-3-14(2)20-18(23)16-13-24-19(9-5-4-6-10-19)21(16)17(22)12-15-8-7-11-25-15/h7-8,11,14,16H,3-6,9-10,12-13H2,1-2H3,(H,20,23)/t14-,16+/m1/s1. The first-order valence-corrected chi connectivity index (χ1v) is 10.2. The zero-order valence-corrected chi connectivity index (χ0v) is 15.9. The summed E-state index contributed by atoms with van der Waals surface area (Å²) in [5.41, 5.74) is -0.579. The lowest BCUT2D eigenvalue weighted by Crippen LogP contribution is -2.57. The maximum absolute atomic E-state index is 13.1. The number of hydrogen-bond acceptors (Lipinski definition) is 4. The van der Waals surface area contributed by atoms with Gasteiger partial charge in [0.2, 0.25) is 11.8 Å². The van der Waals surface area contributed by atoms with Gasteiger partial charge in [-0.2, -0.15) is 0 Å². The third-order valence-electron chi connectivity index (χ3n) is 5.37. The summed E-state index contributed by atoms with van der Waals surface area (Å²) in [6.45, 7) is 4.33. The molecule has 1 aliphatic carbocycles. The summed E-state index contributed by atoms with van der Waals surface area (Å²) in [6.07, 6.45) is 6.13. The molecule has 1 aromatic rings. The maximum Gasteiger partial charge on any atom is 0.245 e. The van der Waals surface area contributed by atoms with Crippen molar-refractivity contribution in [2.24, 2.45) is 0 Å². The number of hydrogen-bond donors (Lipinski definition) is 1. The minimum Gasteiger partial charge on any atom is -0.353 e. The highest BCUT2D eigenvalue weighted by Crippen LogP contribution is 2.41. The lowest BCUT2D eigenvalue weighted by atomic mass is 9.90. The molecule has 2 atom stereocenters. The molecule has 2 fully saturated rings. The molecule has 2 aliphatic rings. The fourth-order valence-corrected chi connectivity index (χ4v) is 4.53. The summed E-state index contributed by atoms with van der Waals surface area (Å²) in [6, 6.07) is 3.52. The van der Waals surface area contributed by atoms with Gasteiger partial charge in [-0.1, -0.05) is 19.4 Å². The van der Waals surface area contributed by atoms with E-state index in [9.17, 15) is 9.59 Å². The van der Waals surface area contributed by atoms with Crippen molar-refractivity contribution >= 4 is 23.2 Å². The van der Waals surface area contributed by atoms with E-state index in [1.165, 1.54) is 6.42 Å². The summed E-state index contributed by atoms with van der Waals surface area (Å²) >= 11 is 1.58. The van der Waals surface area contributed by atoms with Crippen LogP contribution in [0.15, 0.2) is 17.5 Å². The number of thiophene rings is 1. The van der Waals surface area contributed by atoms with Gasteiger partial charge in [-0.15, -0.1) is 11.3 Å². The van der Waals surface area contributed by atoms with Crippen molar-refractivity contribution in [1.29, 1.82) is 0 Å². The Hall–Kier alpha value is -1.40. The van der Waals surface area contributed by atoms with Crippen LogP contribution in [0.5, 0.6) is 0 Å². The Labute approximate surface area is 153 Å². The van der Waals surface area contributed by atoms with Crippen LogP contribution in [-0.2, 0) is 20.7 Å². The van der Waals surface area contributed by atoms with Crippen LogP contribution in [0.3, 0.4) is 0 Å². The van der Waals surface area contributed by atoms with Crippen molar-refractivity contribution in [3.63, 3.8) is 0 Å². The molecule has 0 bridgehead atoms. The number of nitrogens with zero attached hydrogens (tertiary/aromatic N) is 1. The third-order valence-corrected chi connectivity index (χ3v) is 6.25. The Bertz CT molecular complexity index is 596. The molecule has 3 rings (SSSR count). The number of carbonyl (C=O) groups is 2. The molecule has 2 amide bonds. The first-order valence-electron chi connectivity index (χ1n) is 9.34. The molecule has 0 aromatic carbocycles. The van der Waals surface area contributed by atoms with Crippen molar-refractivity contribution in [3.8, 4) is 0 Å². The molecule has 6 heteroatoms. The summed E-state index contributed by atoms with van der Waals surface area (Å²) in [5.74, 6) is -0.0810. The molecule has 138 valence electrons. The van der Waals surface area contributed by atoms with Crippen LogP contribution < -0.4 is 5.32 Å². The molecular weight excluding hydrogens is 336 g/mol. The van der Waals surface area contributed by atoms with Crippen LogP contribution in [0.25, 0.3) is 0 Å². The van der Waals surface area contributed by atoms with E-state index in [1.54, 1.807) is 16.2 Å². The van der Waals surface area contributed by atoms with Gasteiger partial charge in [0.05, 0.1) is 13.0 Å². The molecule has 1 N–H and O–H groups in total. The molecule has 0 unspecified atom stereocenters. The normalized spacial score (nSPS) is 23.6. The first-order chi connectivity index (χ1) is 12.1. The van der Waals surface area contributed by atoms with Gasteiger partial charge in [-0.25, -0.2) is 0 Å². The van der Waals surface area contributed by atoms with Crippen molar-refractivity contribution < 1.29 is 14.3 Å². The average Bonchev–Trinajstić information content (AvgIpc) is 3.23. The van der Waals surface area contributed by atoms with Gasteiger partial charge in [-0.05, 0) is 50.5 Å². The van der Waals surface area contributed by atoms with Gasteiger partial charge in [-0.3, -0.25) is 14.5 Å². The fraction of sp³-hybridized carbons (Fsp3) is 0.684. The van der Waals surface area contributed by atoms with Crippen LogP contribution in [-0.4, -0.2) is 41.1 Å². The molecule has 1 saturated heterocycles. The molecule has 25 heavy (non-hydrogen) atoms. The smallest absolute Gasteiger partial charge is 0.245 e. The molecule has 1 spiro atoms. The van der Waals surface area contributed by atoms with E-state index in [-0.39, 0.29) is 17.9 Å². The van der Waals surface area contributed by atoms with Crippen LogP contribution in [0.1, 0.15) is 57.2 Å². The van der Waals surface area contributed by atoms with Crippen molar-refractivity contribution in [1.82, 2.24) is 10.2 Å². The van der Waals surface area contributed by atoms with E-state index in [0.717, 1.165) is 37.0 Å². The predicted molar refractivity (Wildman–Crippen MR) is 98.3 cm³/mol.